The second kappa shape index (κ2) is 14.3. The van der Waals surface area contributed by atoms with E-state index in [0.717, 1.165) is 24.0 Å². The summed E-state index contributed by atoms with van der Waals surface area (Å²) in [7, 11) is 0. The summed E-state index contributed by atoms with van der Waals surface area (Å²) in [5, 5.41) is 5.39. The van der Waals surface area contributed by atoms with Crippen LogP contribution < -0.4 is 10.6 Å². The van der Waals surface area contributed by atoms with Crippen molar-refractivity contribution in [1.29, 1.82) is 0 Å². The summed E-state index contributed by atoms with van der Waals surface area (Å²) in [6, 6.07) is 18.1. The fourth-order valence-corrected chi connectivity index (χ4v) is 4.02. The monoisotopic (exact) mass is 456 g/mol. The Morgan fingerprint density at radius 2 is 1.59 bits per heavy atom. The zero-order valence-electron chi connectivity index (χ0n) is 18.7. The number of carbonyl (C=O) groups excluding carboxylic acids is 3. The third kappa shape index (κ3) is 10.0. The molecule has 0 aromatic heterocycles. The highest BCUT2D eigenvalue weighted by atomic mass is 32.2. The molecule has 0 aliphatic rings. The number of amides is 2. The summed E-state index contributed by atoms with van der Waals surface area (Å²) in [5.74, 6) is 1.13. The van der Waals surface area contributed by atoms with Gasteiger partial charge in [-0.05, 0) is 35.6 Å². The number of nitrogens with one attached hydrogen (secondary N) is 2. The Balaban J connectivity index is 1.80. The molecule has 2 aromatic rings. The van der Waals surface area contributed by atoms with Crippen molar-refractivity contribution in [2.24, 2.45) is 5.92 Å². The molecule has 0 fully saturated rings. The van der Waals surface area contributed by atoms with Crippen LogP contribution in [-0.2, 0) is 27.4 Å². The number of thioether (sulfide) groups is 1. The lowest BCUT2D eigenvalue weighted by atomic mass is 10.0. The highest BCUT2D eigenvalue weighted by Crippen LogP contribution is 2.10. The van der Waals surface area contributed by atoms with Gasteiger partial charge in [-0.15, -0.1) is 0 Å². The summed E-state index contributed by atoms with van der Waals surface area (Å²) in [4.78, 5) is 36.5. The third-order valence-electron chi connectivity index (χ3n) is 4.70. The van der Waals surface area contributed by atoms with Gasteiger partial charge in [0.25, 0.3) is 0 Å². The van der Waals surface area contributed by atoms with Crippen LogP contribution in [0.25, 0.3) is 0 Å². The Kier molecular flexibility index (Phi) is 11.4. The molecule has 0 saturated carbocycles. The molecule has 0 bridgehead atoms. The lowest BCUT2D eigenvalue weighted by Crippen LogP contribution is -2.51. The van der Waals surface area contributed by atoms with Gasteiger partial charge in [0.2, 0.25) is 5.91 Å². The van der Waals surface area contributed by atoms with Gasteiger partial charge in [0.15, 0.2) is 0 Å². The van der Waals surface area contributed by atoms with E-state index in [1.165, 1.54) is 5.56 Å². The minimum Gasteiger partial charge on any atom is -0.445 e. The average Bonchev–Trinajstić information content (AvgIpc) is 2.80. The van der Waals surface area contributed by atoms with Crippen molar-refractivity contribution in [3.63, 3.8) is 0 Å². The van der Waals surface area contributed by atoms with Crippen molar-refractivity contribution in [2.75, 3.05) is 11.5 Å². The molecule has 7 heteroatoms. The molecule has 172 valence electrons. The fraction of sp³-hybridized carbons (Fsp3) is 0.400. The molecule has 6 nitrogen and oxygen atoms in total. The smallest absolute Gasteiger partial charge is 0.408 e. The quantitative estimate of drug-likeness (QED) is 0.352. The number of aryl methyl sites for hydroxylation is 1. The third-order valence-corrected chi connectivity index (χ3v) is 5.78. The number of ether oxygens (including phenoxy) is 1. The first-order valence-corrected chi connectivity index (χ1v) is 12.0. The van der Waals surface area contributed by atoms with E-state index in [-0.39, 0.29) is 18.4 Å². The highest BCUT2D eigenvalue weighted by Gasteiger charge is 2.24. The molecule has 0 aliphatic heterocycles. The van der Waals surface area contributed by atoms with Gasteiger partial charge in [0.05, 0.1) is 6.04 Å². The van der Waals surface area contributed by atoms with Crippen LogP contribution >= 0.6 is 11.8 Å². The van der Waals surface area contributed by atoms with Crippen LogP contribution in [0.1, 0.15) is 31.4 Å². The number of benzene rings is 2. The molecule has 1 unspecified atom stereocenters. The maximum absolute atomic E-state index is 12.8. The van der Waals surface area contributed by atoms with Crippen LogP contribution in [0, 0.1) is 5.92 Å². The Morgan fingerprint density at radius 1 is 0.969 bits per heavy atom. The van der Waals surface area contributed by atoms with E-state index >= 15 is 0 Å². The number of alkyl carbamates (subject to hydrolysis) is 1. The van der Waals surface area contributed by atoms with Crippen LogP contribution in [0.5, 0.6) is 0 Å². The molecular weight excluding hydrogens is 424 g/mol. The molecule has 0 spiro atoms. The molecule has 2 N–H and O–H groups in total. The number of carbonyl (C=O) groups is 3. The summed E-state index contributed by atoms with van der Waals surface area (Å²) in [6.07, 6.45) is 1.43. The van der Waals surface area contributed by atoms with Crippen LogP contribution in [0.2, 0.25) is 0 Å². The van der Waals surface area contributed by atoms with Crippen molar-refractivity contribution in [3.05, 3.63) is 71.8 Å². The number of hydrogen-bond acceptors (Lipinski definition) is 5. The largest absolute Gasteiger partial charge is 0.445 e. The van der Waals surface area contributed by atoms with Crippen LogP contribution in [-0.4, -0.2) is 41.9 Å². The molecule has 2 atom stereocenters. The number of aldehydes is 1. The standard InChI is InChI=1S/C25H32N2O4S/c1-19(2)15-23(27-25(30)31-17-21-11-7-4-8-12-21)24(29)26-22(16-28)18-32-14-13-20-9-5-3-6-10-20/h3-12,16,19,22-23H,13-15,17-18H2,1-2H3,(H,26,29)(H,27,30)/t22?,23-/m1/s1. The lowest BCUT2D eigenvalue weighted by Gasteiger charge is -2.22. The Hall–Kier alpha value is -2.80. The van der Waals surface area contributed by atoms with Crippen LogP contribution in [0.4, 0.5) is 4.79 Å². The minimum absolute atomic E-state index is 0.123. The molecule has 0 radical (unpaired) electrons. The normalized spacial score (nSPS) is 12.6. The van der Waals surface area contributed by atoms with E-state index in [9.17, 15) is 14.4 Å². The molecule has 32 heavy (non-hydrogen) atoms. The van der Waals surface area contributed by atoms with Crippen LogP contribution in [0.3, 0.4) is 0 Å². The zero-order valence-corrected chi connectivity index (χ0v) is 19.5. The highest BCUT2D eigenvalue weighted by molar-refractivity contribution is 7.99. The molecule has 2 aromatic carbocycles. The van der Waals surface area contributed by atoms with Gasteiger partial charge < -0.3 is 20.2 Å². The van der Waals surface area contributed by atoms with Crippen molar-refractivity contribution in [3.8, 4) is 0 Å². The Bertz CT molecular complexity index is 830. The van der Waals surface area contributed by atoms with Gasteiger partial charge in [-0.2, -0.15) is 11.8 Å². The van der Waals surface area contributed by atoms with E-state index in [4.69, 9.17) is 4.74 Å². The maximum atomic E-state index is 12.8. The summed E-state index contributed by atoms with van der Waals surface area (Å²) < 4.78 is 5.24. The van der Waals surface area contributed by atoms with Gasteiger partial charge in [0, 0.05) is 5.75 Å². The topological polar surface area (TPSA) is 84.5 Å². The fourth-order valence-electron chi connectivity index (χ4n) is 3.05. The zero-order chi connectivity index (χ0) is 23.2. The van der Waals surface area contributed by atoms with Gasteiger partial charge in [-0.25, -0.2) is 4.79 Å². The second-order valence-electron chi connectivity index (χ2n) is 7.95. The second-order valence-corrected chi connectivity index (χ2v) is 9.10. The number of rotatable bonds is 13. The Labute approximate surface area is 194 Å². The first-order chi connectivity index (χ1) is 15.5. The minimum atomic E-state index is -0.768. The van der Waals surface area contributed by atoms with Crippen molar-refractivity contribution in [2.45, 2.75) is 45.4 Å². The van der Waals surface area contributed by atoms with Gasteiger partial charge >= 0.3 is 6.09 Å². The molecule has 0 saturated heterocycles. The summed E-state index contributed by atoms with van der Waals surface area (Å²) >= 11 is 1.61. The van der Waals surface area contributed by atoms with Gasteiger partial charge in [-0.3, -0.25) is 4.79 Å². The van der Waals surface area contributed by atoms with E-state index in [2.05, 4.69) is 22.8 Å². The SMILES string of the molecule is CC(C)C[C@@H](NC(=O)OCc1ccccc1)C(=O)NC(C=O)CSCCc1ccccc1. The van der Waals surface area contributed by atoms with Crippen molar-refractivity contribution in [1.82, 2.24) is 10.6 Å². The summed E-state index contributed by atoms with van der Waals surface area (Å²) in [5.41, 5.74) is 2.10. The van der Waals surface area contributed by atoms with Crippen LogP contribution in [0.15, 0.2) is 60.7 Å². The Morgan fingerprint density at radius 3 is 2.19 bits per heavy atom. The molecular formula is C25H32N2O4S. The van der Waals surface area contributed by atoms with Crippen molar-refractivity contribution < 1.29 is 19.1 Å². The average molecular weight is 457 g/mol. The summed E-state index contributed by atoms with van der Waals surface area (Å²) in [6.45, 7) is 4.06. The number of hydrogen-bond donors (Lipinski definition) is 2. The van der Waals surface area contributed by atoms with E-state index in [0.29, 0.717) is 12.2 Å². The van der Waals surface area contributed by atoms with Gasteiger partial charge in [0.1, 0.15) is 18.9 Å². The predicted molar refractivity (Wildman–Crippen MR) is 128 cm³/mol. The first kappa shape index (κ1) is 25.5. The lowest BCUT2D eigenvalue weighted by molar-refractivity contribution is -0.125. The molecule has 0 aliphatic carbocycles. The van der Waals surface area contributed by atoms with E-state index in [1.807, 2.05) is 62.4 Å². The van der Waals surface area contributed by atoms with Crippen molar-refractivity contribution >= 4 is 30.0 Å². The molecule has 0 heterocycles. The van der Waals surface area contributed by atoms with Gasteiger partial charge in [-0.1, -0.05) is 74.5 Å². The predicted octanol–water partition coefficient (Wildman–Crippen LogP) is 3.99. The maximum Gasteiger partial charge on any atom is 0.408 e. The van der Waals surface area contributed by atoms with E-state index in [1.54, 1.807) is 11.8 Å². The first-order valence-electron chi connectivity index (χ1n) is 10.8. The van der Waals surface area contributed by atoms with E-state index < -0.39 is 18.2 Å². The molecule has 2 rings (SSSR count). The molecule has 2 amide bonds.